The van der Waals surface area contributed by atoms with Crippen molar-refractivity contribution < 1.29 is 19.1 Å². The zero-order valence-electron chi connectivity index (χ0n) is 18.0. The molecule has 1 aromatic rings. The first-order valence-electron chi connectivity index (χ1n) is 9.97. The fourth-order valence-corrected chi connectivity index (χ4v) is 3.68. The summed E-state index contributed by atoms with van der Waals surface area (Å²) in [5.74, 6) is 0.0773. The Morgan fingerprint density at radius 1 is 1.21 bits per heavy atom. The van der Waals surface area contributed by atoms with Crippen molar-refractivity contribution >= 4 is 18.2 Å². The first kappa shape index (κ1) is 22.1. The number of Topliss-reactive ketones (excluding diaryl/α,β-unsaturated/α-hetero) is 1. The van der Waals surface area contributed by atoms with Crippen molar-refractivity contribution in [3.63, 3.8) is 0 Å². The Bertz CT molecular complexity index is 727. The number of rotatable bonds is 5. The zero-order valence-corrected chi connectivity index (χ0v) is 18.0. The predicted molar refractivity (Wildman–Crippen MR) is 109 cm³/mol. The van der Waals surface area contributed by atoms with E-state index in [1.807, 2.05) is 59.7 Å². The van der Waals surface area contributed by atoms with E-state index < -0.39 is 11.0 Å². The van der Waals surface area contributed by atoms with Crippen LogP contribution in [0.1, 0.15) is 63.9 Å². The van der Waals surface area contributed by atoms with Gasteiger partial charge in [0.2, 0.25) is 0 Å². The maximum atomic E-state index is 13.2. The first-order chi connectivity index (χ1) is 12.9. The molecule has 1 aliphatic rings. The van der Waals surface area contributed by atoms with E-state index in [1.54, 1.807) is 11.0 Å². The van der Waals surface area contributed by atoms with E-state index in [-0.39, 0.29) is 23.7 Å². The van der Waals surface area contributed by atoms with Crippen molar-refractivity contribution in [3.05, 3.63) is 35.4 Å². The van der Waals surface area contributed by atoms with Crippen LogP contribution in [0.4, 0.5) is 4.79 Å². The van der Waals surface area contributed by atoms with Gasteiger partial charge in [0.05, 0.1) is 0 Å². The number of benzene rings is 1. The molecule has 2 atom stereocenters. The number of aldehydes is 1. The summed E-state index contributed by atoms with van der Waals surface area (Å²) < 4.78 is 5.49. The average molecular weight is 388 g/mol. The quantitative estimate of drug-likeness (QED) is 0.696. The number of amides is 1. The molecule has 0 aliphatic carbocycles. The molecular weight excluding hydrogens is 354 g/mol. The van der Waals surface area contributed by atoms with Crippen LogP contribution >= 0.6 is 0 Å². The molecule has 1 heterocycles. The molecule has 1 amide bonds. The molecule has 28 heavy (non-hydrogen) atoms. The summed E-state index contributed by atoms with van der Waals surface area (Å²) in [7, 11) is 0. The van der Waals surface area contributed by atoms with Gasteiger partial charge in [-0.1, -0.05) is 39.0 Å². The van der Waals surface area contributed by atoms with Crippen LogP contribution in [0.25, 0.3) is 0 Å². The topological polar surface area (TPSA) is 63.7 Å². The summed E-state index contributed by atoms with van der Waals surface area (Å²) in [6, 6.07) is 7.41. The molecule has 0 bridgehead atoms. The normalized spacial score (nSPS) is 18.6. The maximum Gasteiger partial charge on any atom is 0.410 e. The molecule has 2 rings (SSSR count). The molecule has 0 aromatic heterocycles. The Hall–Kier alpha value is -2.17. The lowest BCUT2D eigenvalue weighted by Gasteiger charge is -2.29. The summed E-state index contributed by atoms with van der Waals surface area (Å²) in [5.41, 5.74) is 0.585. The summed E-state index contributed by atoms with van der Waals surface area (Å²) in [4.78, 5) is 38.4. The molecule has 1 aliphatic heterocycles. The molecule has 0 spiro atoms. The number of hydrogen-bond donors (Lipinski definition) is 0. The second kappa shape index (κ2) is 8.46. The highest BCUT2D eigenvalue weighted by Gasteiger charge is 2.40. The van der Waals surface area contributed by atoms with Gasteiger partial charge < -0.3 is 9.64 Å². The van der Waals surface area contributed by atoms with Crippen LogP contribution in [0.15, 0.2) is 24.3 Å². The molecule has 0 unspecified atom stereocenters. The van der Waals surface area contributed by atoms with Crippen LogP contribution in [0.5, 0.6) is 0 Å². The SMILES string of the molecule is CC(C)(C)OC(=O)N1CC[C@H]([C@H](Cc2cccc(C=O)c2)C(=O)C(C)(C)C)C1. The molecular formula is C23H33NO4. The van der Waals surface area contributed by atoms with E-state index in [0.29, 0.717) is 25.1 Å². The first-order valence-corrected chi connectivity index (χ1v) is 9.97. The van der Waals surface area contributed by atoms with Gasteiger partial charge in [-0.3, -0.25) is 9.59 Å². The van der Waals surface area contributed by atoms with Crippen LogP contribution in [0.3, 0.4) is 0 Å². The lowest BCUT2D eigenvalue weighted by Crippen LogP contribution is -2.38. The van der Waals surface area contributed by atoms with E-state index in [0.717, 1.165) is 18.3 Å². The second-order valence-corrected chi connectivity index (χ2v) is 9.76. The Balaban J connectivity index is 2.19. The van der Waals surface area contributed by atoms with Gasteiger partial charge in [0, 0.05) is 30.0 Å². The van der Waals surface area contributed by atoms with Crippen molar-refractivity contribution in [1.82, 2.24) is 4.90 Å². The Morgan fingerprint density at radius 2 is 1.89 bits per heavy atom. The minimum Gasteiger partial charge on any atom is -0.444 e. The lowest BCUT2D eigenvalue weighted by atomic mass is 9.74. The highest BCUT2D eigenvalue weighted by Crippen LogP contribution is 2.34. The third-order valence-corrected chi connectivity index (χ3v) is 5.06. The monoisotopic (exact) mass is 387 g/mol. The van der Waals surface area contributed by atoms with Crippen molar-refractivity contribution in [1.29, 1.82) is 0 Å². The number of likely N-dealkylation sites (tertiary alicyclic amines) is 1. The average Bonchev–Trinajstić information content (AvgIpc) is 3.07. The molecule has 1 saturated heterocycles. The van der Waals surface area contributed by atoms with Gasteiger partial charge in [-0.25, -0.2) is 4.79 Å². The third kappa shape index (κ3) is 5.91. The minimum absolute atomic E-state index is 0.0825. The van der Waals surface area contributed by atoms with Gasteiger partial charge in [-0.2, -0.15) is 0 Å². The fourth-order valence-electron chi connectivity index (χ4n) is 3.68. The maximum absolute atomic E-state index is 13.2. The molecule has 1 fully saturated rings. The number of ketones is 1. The molecule has 5 heteroatoms. The summed E-state index contributed by atoms with van der Waals surface area (Å²) in [5, 5.41) is 0. The highest BCUT2D eigenvalue weighted by molar-refractivity contribution is 5.86. The van der Waals surface area contributed by atoms with Crippen molar-refractivity contribution in [2.24, 2.45) is 17.3 Å². The summed E-state index contributed by atoms with van der Waals surface area (Å²) in [6.45, 7) is 12.5. The number of carbonyl (C=O) groups is 3. The highest BCUT2D eigenvalue weighted by atomic mass is 16.6. The van der Waals surface area contributed by atoms with Gasteiger partial charge in [0.1, 0.15) is 17.7 Å². The van der Waals surface area contributed by atoms with Gasteiger partial charge >= 0.3 is 6.09 Å². The van der Waals surface area contributed by atoms with E-state index >= 15 is 0 Å². The van der Waals surface area contributed by atoms with E-state index in [1.165, 1.54) is 0 Å². The number of carbonyl (C=O) groups excluding carboxylic acids is 3. The number of nitrogens with zero attached hydrogens (tertiary/aromatic N) is 1. The van der Waals surface area contributed by atoms with Crippen molar-refractivity contribution in [2.45, 2.75) is 60.0 Å². The van der Waals surface area contributed by atoms with Crippen molar-refractivity contribution in [3.8, 4) is 0 Å². The van der Waals surface area contributed by atoms with Crippen LogP contribution < -0.4 is 0 Å². The summed E-state index contributed by atoms with van der Waals surface area (Å²) >= 11 is 0. The van der Waals surface area contributed by atoms with Gasteiger partial charge in [-0.15, -0.1) is 0 Å². The van der Waals surface area contributed by atoms with Gasteiger partial charge in [0.15, 0.2) is 0 Å². The molecule has 1 aromatic carbocycles. The van der Waals surface area contributed by atoms with E-state index in [2.05, 4.69) is 0 Å². The molecule has 0 saturated carbocycles. The molecule has 5 nitrogen and oxygen atoms in total. The van der Waals surface area contributed by atoms with Crippen LogP contribution in [0, 0.1) is 17.3 Å². The smallest absolute Gasteiger partial charge is 0.410 e. The Kier molecular flexibility index (Phi) is 6.68. The van der Waals surface area contributed by atoms with Crippen LogP contribution in [-0.4, -0.2) is 41.8 Å². The van der Waals surface area contributed by atoms with Crippen LogP contribution in [-0.2, 0) is 16.0 Å². The van der Waals surface area contributed by atoms with Crippen molar-refractivity contribution in [2.75, 3.05) is 13.1 Å². The molecule has 0 radical (unpaired) electrons. The fraction of sp³-hybridized carbons (Fsp3) is 0.609. The number of ether oxygens (including phenoxy) is 1. The van der Waals surface area contributed by atoms with E-state index in [4.69, 9.17) is 4.74 Å². The Morgan fingerprint density at radius 3 is 2.46 bits per heavy atom. The van der Waals surface area contributed by atoms with Gasteiger partial charge in [0.25, 0.3) is 0 Å². The zero-order chi connectivity index (χ0) is 21.1. The second-order valence-electron chi connectivity index (χ2n) is 9.76. The number of hydrogen-bond acceptors (Lipinski definition) is 4. The minimum atomic E-state index is -0.537. The standard InChI is InChI=1S/C23H33NO4/c1-22(2,3)20(26)19(13-16-8-7-9-17(12-16)15-25)18-10-11-24(14-18)21(27)28-23(4,5)6/h7-9,12,15,18-19H,10-11,13-14H2,1-6H3/t18-,19-/m0/s1. The lowest BCUT2D eigenvalue weighted by molar-refractivity contribution is -0.132. The van der Waals surface area contributed by atoms with E-state index in [9.17, 15) is 14.4 Å². The predicted octanol–water partition coefficient (Wildman–Crippen LogP) is 4.53. The largest absolute Gasteiger partial charge is 0.444 e. The third-order valence-electron chi connectivity index (χ3n) is 5.06. The Labute approximate surface area is 168 Å². The van der Waals surface area contributed by atoms with Gasteiger partial charge in [-0.05, 0) is 51.2 Å². The molecule has 154 valence electrons. The molecule has 0 N–H and O–H groups in total. The summed E-state index contributed by atoms with van der Waals surface area (Å²) in [6.07, 6.45) is 1.85. The van der Waals surface area contributed by atoms with Crippen LogP contribution in [0.2, 0.25) is 0 Å².